The summed E-state index contributed by atoms with van der Waals surface area (Å²) in [7, 11) is 0. The molecule has 0 bridgehead atoms. The summed E-state index contributed by atoms with van der Waals surface area (Å²) in [6, 6.07) is 1.26. The van der Waals surface area contributed by atoms with Crippen LogP contribution >= 0.6 is 0 Å². The Balaban J connectivity index is 1.92. The lowest BCUT2D eigenvalue weighted by molar-refractivity contribution is -0.0716. The maximum absolute atomic E-state index is 14.0. The highest BCUT2D eigenvalue weighted by Gasteiger charge is 2.39. The molecule has 21 heavy (non-hydrogen) atoms. The third kappa shape index (κ3) is 2.67. The molecule has 1 saturated carbocycles. The van der Waals surface area contributed by atoms with Crippen molar-refractivity contribution in [2.24, 2.45) is 5.73 Å². The summed E-state index contributed by atoms with van der Waals surface area (Å²) < 4.78 is 46.3. The lowest BCUT2D eigenvalue weighted by atomic mass is 10.00. The summed E-state index contributed by atoms with van der Waals surface area (Å²) in [6.45, 7) is 1.34. The van der Waals surface area contributed by atoms with E-state index in [4.69, 9.17) is 10.5 Å². The minimum absolute atomic E-state index is 0.129. The minimum Gasteiger partial charge on any atom is -0.375 e. The van der Waals surface area contributed by atoms with Gasteiger partial charge in [0.05, 0.1) is 18.8 Å². The summed E-state index contributed by atoms with van der Waals surface area (Å²) in [4.78, 5) is 2.09. The normalized spacial score (nSPS) is 27.6. The highest BCUT2D eigenvalue weighted by Crippen LogP contribution is 2.36. The summed E-state index contributed by atoms with van der Waals surface area (Å²) in [5, 5.41) is 0. The number of nitrogens with two attached hydrogens (primary N) is 1. The van der Waals surface area contributed by atoms with E-state index in [0.29, 0.717) is 19.2 Å². The molecule has 1 aliphatic heterocycles. The number of hydrogen-bond donors (Lipinski definition) is 1. The van der Waals surface area contributed by atoms with Gasteiger partial charge in [-0.1, -0.05) is 0 Å². The van der Waals surface area contributed by atoms with Gasteiger partial charge in [-0.05, 0) is 25.3 Å². The van der Waals surface area contributed by atoms with Crippen LogP contribution in [0.4, 0.5) is 13.2 Å². The molecule has 3 atom stereocenters. The Kier molecular flexibility index (Phi) is 4.19. The van der Waals surface area contributed by atoms with E-state index in [2.05, 4.69) is 4.90 Å². The van der Waals surface area contributed by atoms with Gasteiger partial charge in [0.1, 0.15) is 5.82 Å². The average Bonchev–Trinajstić information content (AvgIpc) is 2.94. The van der Waals surface area contributed by atoms with Gasteiger partial charge in [-0.25, -0.2) is 13.2 Å². The summed E-state index contributed by atoms with van der Waals surface area (Å²) >= 11 is 0. The zero-order valence-corrected chi connectivity index (χ0v) is 11.7. The van der Waals surface area contributed by atoms with Gasteiger partial charge >= 0.3 is 0 Å². The maximum atomic E-state index is 14.0. The molecule has 3 unspecified atom stereocenters. The van der Waals surface area contributed by atoms with E-state index in [0.717, 1.165) is 25.3 Å². The first kappa shape index (κ1) is 14.8. The van der Waals surface area contributed by atoms with Crippen LogP contribution in [0.15, 0.2) is 12.1 Å². The van der Waals surface area contributed by atoms with Crippen LogP contribution in [0.5, 0.6) is 0 Å². The van der Waals surface area contributed by atoms with E-state index in [1.54, 1.807) is 0 Å². The monoisotopic (exact) mass is 300 g/mol. The van der Waals surface area contributed by atoms with Gasteiger partial charge in [-0.2, -0.15) is 0 Å². The van der Waals surface area contributed by atoms with E-state index in [9.17, 15) is 13.2 Å². The van der Waals surface area contributed by atoms with Crippen molar-refractivity contribution >= 4 is 0 Å². The Morgan fingerprint density at radius 1 is 1.19 bits per heavy atom. The summed E-state index contributed by atoms with van der Waals surface area (Å²) in [5.74, 6) is -2.96. The number of morpholine rings is 1. The number of rotatable bonds is 3. The fraction of sp³-hybridized carbons (Fsp3) is 0.600. The number of fused-ring (bicyclic) bond motifs is 1. The molecule has 1 aromatic carbocycles. The molecular weight excluding hydrogens is 281 g/mol. The van der Waals surface area contributed by atoms with E-state index >= 15 is 0 Å². The number of nitrogens with zero attached hydrogens (tertiary/aromatic N) is 1. The van der Waals surface area contributed by atoms with Crippen molar-refractivity contribution in [2.45, 2.75) is 37.5 Å². The molecule has 1 heterocycles. The van der Waals surface area contributed by atoms with Gasteiger partial charge < -0.3 is 10.5 Å². The van der Waals surface area contributed by atoms with Crippen LogP contribution in [-0.4, -0.2) is 36.7 Å². The number of benzene rings is 1. The lowest BCUT2D eigenvalue weighted by Crippen LogP contribution is -2.51. The second-order valence-electron chi connectivity index (χ2n) is 5.68. The van der Waals surface area contributed by atoms with Crippen molar-refractivity contribution in [3.8, 4) is 0 Å². The number of halogens is 3. The zero-order valence-electron chi connectivity index (χ0n) is 11.7. The van der Waals surface area contributed by atoms with Crippen molar-refractivity contribution < 1.29 is 17.9 Å². The molecule has 0 spiro atoms. The van der Waals surface area contributed by atoms with Crippen molar-refractivity contribution in [1.82, 2.24) is 4.90 Å². The molecule has 1 saturated heterocycles. The van der Waals surface area contributed by atoms with Crippen molar-refractivity contribution in [3.63, 3.8) is 0 Å². The molecule has 1 aliphatic carbocycles. The molecule has 0 aromatic heterocycles. The lowest BCUT2D eigenvalue weighted by Gasteiger charge is -2.42. The molecule has 0 amide bonds. The number of hydrogen-bond acceptors (Lipinski definition) is 3. The molecule has 3 rings (SSSR count). The van der Waals surface area contributed by atoms with Crippen LogP contribution < -0.4 is 5.73 Å². The SMILES string of the molecule is NCC(c1cc(F)c(F)cc1F)N1CCOC2CCCC21. The summed E-state index contributed by atoms with van der Waals surface area (Å²) in [5.41, 5.74) is 5.94. The molecule has 2 fully saturated rings. The minimum atomic E-state index is -1.17. The highest BCUT2D eigenvalue weighted by molar-refractivity contribution is 5.24. The van der Waals surface area contributed by atoms with Crippen LogP contribution in [0.2, 0.25) is 0 Å². The average molecular weight is 300 g/mol. The van der Waals surface area contributed by atoms with E-state index in [1.165, 1.54) is 0 Å². The topological polar surface area (TPSA) is 38.5 Å². The smallest absolute Gasteiger partial charge is 0.161 e. The maximum Gasteiger partial charge on any atom is 0.161 e. The van der Waals surface area contributed by atoms with Gasteiger partial charge in [-0.15, -0.1) is 0 Å². The Morgan fingerprint density at radius 2 is 1.95 bits per heavy atom. The van der Waals surface area contributed by atoms with E-state index < -0.39 is 23.5 Å². The Bertz CT molecular complexity index is 526. The van der Waals surface area contributed by atoms with Gasteiger partial charge in [0.15, 0.2) is 11.6 Å². The Hall–Kier alpha value is -1.11. The standard InChI is InChI=1S/C15H19F3N2O/c16-10-7-12(18)11(17)6-9(10)14(8-19)20-4-5-21-15-3-1-2-13(15)20/h6-7,13-15H,1-5,8,19H2. The van der Waals surface area contributed by atoms with Crippen LogP contribution in [0.3, 0.4) is 0 Å². The predicted octanol–water partition coefficient (Wildman–Crippen LogP) is 2.36. The van der Waals surface area contributed by atoms with Crippen LogP contribution in [0.1, 0.15) is 30.9 Å². The highest BCUT2D eigenvalue weighted by atomic mass is 19.2. The molecule has 116 valence electrons. The van der Waals surface area contributed by atoms with Crippen LogP contribution in [0, 0.1) is 17.5 Å². The van der Waals surface area contributed by atoms with Gasteiger partial charge in [0.2, 0.25) is 0 Å². The predicted molar refractivity (Wildman–Crippen MR) is 72.2 cm³/mol. The van der Waals surface area contributed by atoms with Crippen molar-refractivity contribution in [1.29, 1.82) is 0 Å². The molecular formula is C15H19F3N2O. The second kappa shape index (κ2) is 5.94. The second-order valence-corrected chi connectivity index (χ2v) is 5.68. The first-order chi connectivity index (χ1) is 10.1. The van der Waals surface area contributed by atoms with Gasteiger partial charge in [-0.3, -0.25) is 4.90 Å². The zero-order chi connectivity index (χ0) is 15.0. The molecule has 0 radical (unpaired) electrons. The van der Waals surface area contributed by atoms with Crippen molar-refractivity contribution in [2.75, 3.05) is 19.7 Å². The van der Waals surface area contributed by atoms with Gasteiger partial charge in [0, 0.05) is 30.8 Å². The Labute approximate surface area is 121 Å². The molecule has 3 nitrogen and oxygen atoms in total. The van der Waals surface area contributed by atoms with Gasteiger partial charge in [0.25, 0.3) is 0 Å². The molecule has 2 aliphatic rings. The molecule has 2 N–H and O–H groups in total. The Morgan fingerprint density at radius 3 is 2.71 bits per heavy atom. The quantitative estimate of drug-likeness (QED) is 0.871. The third-order valence-electron chi connectivity index (χ3n) is 4.55. The summed E-state index contributed by atoms with van der Waals surface area (Å²) in [6.07, 6.45) is 3.15. The van der Waals surface area contributed by atoms with Crippen LogP contribution in [-0.2, 0) is 4.74 Å². The first-order valence-corrected chi connectivity index (χ1v) is 7.33. The third-order valence-corrected chi connectivity index (χ3v) is 4.55. The van der Waals surface area contributed by atoms with Crippen molar-refractivity contribution in [3.05, 3.63) is 35.1 Å². The molecule has 1 aromatic rings. The van der Waals surface area contributed by atoms with E-state index in [1.807, 2.05) is 0 Å². The fourth-order valence-electron chi connectivity index (χ4n) is 3.58. The first-order valence-electron chi connectivity index (χ1n) is 7.33. The largest absolute Gasteiger partial charge is 0.375 e. The van der Waals surface area contributed by atoms with Crippen LogP contribution in [0.25, 0.3) is 0 Å². The molecule has 6 heteroatoms. The number of ether oxygens (including phenoxy) is 1. The fourth-order valence-corrected chi connectivity index (χ4v) is 3.58. The van der Waals surface area contributed by atoms with E-state index in [-0.39, 0.29) is 24.3 Å².